The maximum Gasteiger partial charge on any atom is 0.223 e. The number of piperidine rings is 2. The lowest BCUT2D eigenvalue weighted by Crippen LogP contribution is -2.48. The summed E-state index contributed by atoms with van der Waals surface area (Å²) in [6.45, 7) is 6.58. The van der Waals surface area contributed by atoms with Crippen molar-refractivity contribution >= 4 is 5.91 Å². The van der Waals surface area contributed by atoms with Crippen molar-refractivity contribution in [3.8, 4) is 0 Å². The van der Waals surface area contributed by atoms with Crippen LogP contribution in [-0.2, 0) is 4.79 Å². The van der Waals surface area contributed by atoms with E-state index in [1.807, 2.05) is 0 Å². The molecule has 98 valence electrons. The highest BCUT2D eigenvalue weighted by Crippen LogP contribution is 2.25. The second kappa shape index (κ2) is 5.85. The SMILES string of the molecule is C[C@@H]1CCC[C@@H](C)N1C(=O)CC1CCNCC1. The van der Waals surface area contributed by atoms with Crippen molar-refractivity contribution in [3.05, 3.63) is 0 Å². The van der Waals surface area contributed by atoms with E-state index in [9.17, 15) is 4.79 Å². The van der Waals surface area contributed by atoms with E-state index in [4.69, 9.17) is 0 Å². The molecule has 0 aromatic heterocycles. The van der Waals surface area contributed by atoms with E-state index < -0.39 is 0 Å². The highest BCUT2D eigenvalue weighted by atomic mass is 16.2. The summed E-state index contributed by atoms with van der Waals surface area (Å²) in [4.78, 5) is 14.6. The molecule has 2 aliphatic rings. The molecule has 0 aromatic carbocycles. The summed E-state index contributed by atoms with van der Waals surface area (Å²) in [6.07, 6.45) is 6.76. The first-order valence-electron chi connectivity index (χ1n) is 7.20. The Labute approximate surface area is 105 Å². The Balaban J connectivity index is 1.88. The molecule has 2 saturated heterocycles. The number of nitrogens with zero attached hydrogens (tertiary/aromatic N) is 1. The van der Waals surface area contributed by atoms with Crippen LogP contribution in [0, 0.1) is 5.92 Å². The van der Waals surface area contributed by atoms with Gasteiger partial charge in [0.1, 0.15) is 0 Å². The van der Waals surface area contributed by atoms with Gasteiger partial charge in [-0.3, -0.25) is 4.79 Å². The van der Waals surface area contributed by atoms with Gasteiger partial charge in [0.2, 0.25) is 5.91 Å². The van der Waals surface area contributed by atoms with E-state index in [0.29, 0.717) is 23.9 Å². The monoisotopic (exact) mass is 238 g/mol. The van der Waals surface area contributed by atoms with Crippen LogP contribution in [0.1, 0.15) is 52.4 Å². The number of rotatable bonds is 2. The number of amides is 1. The number of carbonyl (C=O) groups excluding carboxylic acids is 1. The third kappa shape index (κ3) is 3.21. The van der Waals surface area contributed by atoms with Crippen LogP contribution in [-0.4, -0.2) is 36.0 Å². The zero-order valence-electron chi connectivity index (χ0n) is 11.2. The molecular formula is C14H26N2O. The number of hydrogen-bond donors (Lipinski definition) is 1. The predicted octanol–water partition coefficient (Wildman–Crippen LogP) is 2.17. The van der Waals surface area contributed by atoms with Crippen molar-refractivity contribution < 1.29 is 4.79 Å². The minimum absolute atomic E-state index is 0.400. The fourth-order valence-electron chi connectivity index (χ4n) is 3.35. The van der Waals surface area contributed by atoms with Crippen LogP contribution < -0.4 is 5.32 Å². The van der Waals surface area contributed by atoms with E-state index in [-0.39, 0.29) is 0 Å². The maximum absolute atomic E-state index is 12.4. The van der Waals surface area contributed by atoms with Crippen LogP contribution in [0.25, 0.3) is 0 Å². The summed E-state index contributed by atoms with van der Waals surface area (Å²) in [7, 11) is 0. The number of hydrogen-bond acceptors (Lipinski definition) is 2. The summed E-state index contributed by atoms with van der Waals surface area (Å²) in [5.74, 6) is 1.02. The highest BCUT2D eigenvalue weighted by molar-refractivity contribution is 5.77. The van der Waals surface area contributed by atoms with Gasteiger partial charge in [0.15, 0.2) is 0 Å². The average molecular weight is 238 g/mol. The molecule has 1 amide bonds. The normalized spacial score (nSPS) is 31.5. The van der Waals surface area contributed by atoms with E-state index in [1.54, 1.807) is 0 Å². The predicted molar refractivity (Wildman–Crippen MR) is 69.8 cm³/mol. The molecule has 2 fully saturated rings. The molecule has 0 spiro atoms. The van der Waals surface area contributed by atoms with Crippen molar-refractivity contribution in [2.75, 3.05) is 13.1 Å². The van der Waals surface area contributed by atoms with Gasteiger partial charge >= 0.3 is 0 Å². The van der Waals surface area contributed by atoms with Gasteiger partial charge < -0.3 is 10.2 Å². The molecule has 3 nitrogen and oxygen atoms in total. The van der Waals surface area contributed by atoms with E-state index in [2.05, 4.69) is 24.1 Å². The molecule has 2 rings (SSSR count). The van der Waals surface area contributed by atoms with Gasteiger partial charge in [-0.2, -0.15) is 0 Å². The van der Waals surface area contributed by atoms with Gasteiger partial charge in [0.05, 0.1) is 0 Å². The van der Waals surface area contributed by atoms with Crippen molar-refractivity contribution in [2.24, 2.45) is 5.92 Å². The summed E-state index contributed by atoms with van der Waals surface area (Å²) in [6, 6.07) is 0.904. The van der Waals surface area contributed by atoms with Crippen LogP contribution in [0.5, 0.6) is 0 Å². The number of carbonyl (C=O) groups is 1. The van der Waals surface area contributed by atoms with Gasteiger partial charge in [-0.05, 0) is 65.0 Å². The van der Waals surface area contributed by atoms with Crippen LogP contribution in [0.3, 0.4) is 0 Å². The molecule has 0 radical (unpaired) electrons. The molecule has 0 aromatic rings. The van der Waals surface area contributed by atoms with E-state index in [1.165, 1.54) is 32.1 Å². The quantitative estimate of drug-likeness (QED) is 0.799. The first-order valence-corrected chi connectivity index (χ1v) is 7.20. The second-order valence-corrected chi connectivity index (χ2v) is 5.83. The van der Waals surface area contributed by atoms with Gasteiger partial charge in [-0.25, -0.2) is 0 Å². The third-order valence-electron chi connectivity index (χ3n) is 4.40. The Morgan fingerprint density at radius 1 is 1.12 bits per heavy atom. The molecular weight excluding hydrogens is 212 g/mol. The van der Waals surface area contributed by atoms with E-state index >= 15 is 0 Å². The summed E-state index contributed by atoms with van der Waals surface area (Å²) >= 11 is 0. The molecule has 0 unspecified atom stereocenters. The molecule has 0 saturated carbocycles. The lowest BCUT2D eigenvalue weighted by Gasteiger charge is -2.40. The third-order valence-corrected chi connectivity index (χ3v) is 4.40. The fourth-order valence-corrected chi connectivity index (χ4v) is 3.35. The molecule has 0 bridgehead atoms. The smallest absolute Gasteiger partial charge is 0.223 e. The molecule has 1 N–H and O–H groups in total. The number of likely N-dealkylation sites (tertiary alicyclic amines) is 1. The van der Waals surface area contributed by atoms with Crippen LogP contribution >= 0.6 is 0 Å². The Morgan fingerprint density at radius 3 is 2.29 bits per heavy atom. The van der Waals surface area contributed by atoms with Gasteiger partial charge in [0, 0.05) is 18.5 Å². The molecule has 0 aliphatic carbocycles. The van der Waals surface area contributed by atoms with Gasteiger partial charge in [0.25, 0.3) is 0 Å². The summed E-state index contributed by atoms with van der Waals surface area (Å²) in [5, 5.41) is 3.36. The molecule has 2 heterocycles. The first-order chi connectivity index (χ1) is 8.18. The Hall–Kier alpha value is -0.570. The van der Waals surface area contributed by atoms with Crippen molar-refractivity contribution in [2.45, 2.75) is 64.5 Å². The Bertz CT molecular complexity index is 251. The zero-order chi connectivity index (χ0) is 12.3. The molecule has 17 heavy (non-hydrogen) atoms. The van der Waals surface area contributed by atoms with Gasteiger partial charge in [-0.15, -0.1) is 0 Å². The van der Waals surface area contributed by atoms with Crippen LogP contribution in [0.2, 0.25) is 0 Å². The average Bonchev–Trinajstić information content (AvgIpc) is 2.30. The fraction of sp³-hybridized carbons (Fsp3) is 0.929. The lowest BCUT2D eigenvalue weighted by molar-refractivity contribution is -0.138. The van der Waals surface area contributed by atoms with Crippen molar-refractivity contribution in [3.63, 3.8) is 0 Å². The summed E-state index contributed by atoms with van der Waals surface area (Å²) < 4.78 is 0. The van der Waals surface area contributed by atoms with Crippen molar-refractivity contribution in [1.82, 2.24) is 10.2 Å². The summed E-state index contributed by atoms with van der Waals surface area (Å²) in [5.41, 5.74) is 0. The van der Waals surface area contributed by atoms with Gasteiger partial charge in [-0.1, -0.05) is 0 Å². The molecule has 2 aliphatic heterocycles. The van der Waals surface area contributed by atoms with E-state index in [0.717, 1.165) is 19.5 Å². The molecule has 3 heteroatoms. The van der Waals surface area contributed by atoms with Crippen LogP contribution in [0.4, 0.5) is 0 Å². The first kappa shape index (κ1) is 12.9. The Kier molecular flexibility index (Phi) is 4.43. The lowest BCUT2D eigenvalue weighted by atomic mass is 9.91. The maximum atomic E-state index is 12.4. The largest absolute Gasteiger partial charge is 0.337 e. The molecule has 2 atom stereocenters. The van der Waals surface area contributed by atoms with Crippen LogP contribution in [0.15, 0.2) is 0 Å². The minimum atomic E-state index is 0.400. The standard InChI is InChI=1S/C14H26N2O/c1-11-4-3-5-12(2)16(11)14(17)10-13-6-8-15-9-7-13/h11-13,15H,3-10H2,1-2H3/t11-,12-/m1/s1. The number of nitrogens with one attached hydrogen (secondary N) is 1. The topological polar surface area (TPSA) is 32.3 Å². The minimum Gasteiger partial charge on any atom is -0.337 e. The zero-order valence-corrected chi connectivity index (χ0v) is 11.2. The van der Waals surface area contributed by atoms with Crippen molar-refractivity contribution in [1.29, 1.82) is 0 Å². The second-order valence-electron chi connectivity index (χ2n) is 5.83. The highest BCUT2D eigenvalue weighted by Gasteiger charge is 2.30. The Morgan fingerprint density at radius 2 is 1.71 bits per heavy atom.